The Morgan fingerprint density at radius 1 is 0.964 bits per heavy atom. The molecule has 0 saturated carbocycles. The van der Waals surface area contributed by atoms with Crippen molar-refractivity contribution >= 4 is 6.09 Å². The molecule has 4 heterocycles. The molecule has 3 atom stereocenters. The van der Waals surface area contributed by atoms with Gasteiger partial charge in [-0.05, 0) is 0 Å². The van der Waals surface area contributed by atoms with Crippen LogP contribution in [0.1, 0.15) is 35.6 Å². The van der Waals surface area contributed by atoms with Crippen LogP contribution in [0.25, 0.3) is 0 Å². The van der Waals surface area contributed by atoms with Gasteiger partial charge < -0.3 is 0 Å². The van der Waals surface area contributed by atoms with Crippen molar-refractivity contribution in [3.8, 4) is 0 Å². The van der Waals surface area contributed by atoms with Gasteiger partial charge in [-0.2, -0.15) is 0 Å². The summed E-state index contributed by atoms with van der Waals surface area (Å²) in [7, 11) is 0. The molecule has 3 saturated heterocycles. The van der Waals surface area contributed by atoms with Crippen LogP contribution in [0, 0.1) is 48.7 Å². The van der Waals surface area contributed by atoms with E-state index in [9.17, 15) is 4.79 Å². The number of fused-ring (bicyclic) bond motifs is 4. The Bertz CT molecular complexity index is 849. The van der Waals surface area contributed by atoms with Crippen LogP contribution in [0.3, 0.4) is 0 Å². The molecular weight excluding hydrogens is 562 g/mol. The SMILES string of the molecule is O=C(OC1C2CCN(CC2)[CH]1[RaH])N1CCc2ccccc2C1c1ccccc1. The van der Waals surface area contributed by atoms with Crippen LogP contribution < -0.4 is 0 Å². The monoisotopic (exact) mass is 588 g/mol. The molecule has 2 aromatic carbocycles. The van der Waals surface area contributed by atoms with Gasteiger partial charge >= 0.3 is 198 Å². The van der Waals surface area contributed by atoms with E-state index in [2.05, 4.69) is 53.4 Å². The van der Waals surface area contributed by atoms with Gasteiger partial charge in [-0.1, -0.05) is 0 Å². The Kier molecular flexibility index (Phi) is 5.54. The second-order valence-electron chi connectivity index (χ2n) is 8.42. The molecule has 5 heteroatoms. The molecule has 4 aliphatic heterocycles. The topological polar surface area (TPSA) is 32.8 Å². The average molecular weight is 588 g/mol. The molecule has 0 aromatic heterocycles. The van der Waals surface area contributed by atoms with Crippen LogP contribution in [0.15, 0.2) is 54.6 Å². The Balaban J connectivity index is 1.44. The van der Waals surface area contributed by atoms with Crippen LogP contribution in [0.2, 0.25) is 0 Å². The van der Waals surface area contributed by atoms with Crippen molar-refractivity contribution in [1.82, 2.24) is 9.80 Å². The summed E-state index contributed by atoms with van der Waals surface area (Å²) in [4.78, 5) is 17.9. The standard InChI is InChI=1S/C23H25N2O2.Ra.H/c26-23(27-21-16-24-13-10-18(21)11-14-24)25-15-12-17-6-4-5-9-20(17)22(25)19-7-2-1-3-8-19;;/h1-9,16,18,21-22H,10-15H2;;. The van der Waals surface area contributed by atoms with E-state index in [4.69, 9.17) is 4.74 Å². The number of rotatable bonds is 2. The Labute approximate surface area is 196 Å². The van der Waals surface area contributed by atoms with E-state index in [-0.39, 0.29) is 18.2 Å². The fourth-order valence-electron chi connectivity index (χ4n) is 5.39. The van der Waals surface area contributed by atoms with Crippen molar-refractivity contribution in [2.24, 2.45) is 5.92 Å². The van der Waals surface area contributed by atoms with Gasteiger partial charge in [-0.3, -0.25) is 0 Å². The van der Waals surface area contributed by atoms with E-state index in [0.29, 0.717) is 49.8 Å². The van der Waals surface area contributed by atoms with Crippen molar-refractivity contribution in [3.05, 3.63) is 71.3 Å². The molecule has 28 heavy (non-hydrogen) atoms. The number of nitrogens with zero attached hydrogens (tertiary/aromatic N) is 2. The van der Waals surface area contributed by atoms with E-state index in [1.54, 1.807) is 0 Å². The number of benzene rings is 2. The summed E-state index contributed by atoms with van der Waals surface area (Å²) >= 11 is 0.291. The second-order valence-corrected chi connectivity index (χ2v) is 13.3. The minimum atomic E-state index is -0.122. The first kappa shape index (κ1) is 19.1. The molecule has 6 rings (SSSR count). The number of ether oxygens (including phenoxy) is 1. The number of hydrogen-bond donors (Lipinski definition) is 0. The van der Waals surface area contributed by atoms with Crippen LogP contribution >= 0.6 is 0 Å². The van der Waals surface area contributed by atoms with Crippen molar-refractivity contribution in [1.29, 1.82) is 0 Å². The predicted molar refractivity (Wildman–Crippen MR) is 105 cm³/mol. The van der Waals surface area contributed by atoms with E-state index in [0.717, 1.165) is 18.5 Å². The van der Waals surface area contributed by atoms with Gasteiger partial charge in [0.15, 0.2) is 0 Å². The molecule has 0 spiro atoms. The fourth-order valence-corrected chi connectivity index (χ4v) is 10.3. The van der Waals surface area contributed by atoms with Gasteiger partial charge in [0.1, 0.15) is 0 Å². The first-order valence-corrected chi connectivity index (χ1v) is 15.3. The van der Waals surface area contributed by atoms with E-state index < -0.39 is 0 Å². The molecular formula is C23H26N2O2Ra. The fraction of sp³-hybridized carbons (Fsp3) is 0.435. The third-order valence-corrected chi connectivity index (χ3v) is 12.7. The molecule has 2 bridgehead atoms. The number of amides is 1. The first-order chi connectivity index (χ1) is 13.7. The quantitative estimate of drug-likeness (QED) is 0.539. The van der Waals surface area contributed by atoms with Gasteiger partial charge in [0, 0.05) is 0 Å². The maximum absolute atomic E-state index is 13.4. The molecule has 3 fully saturated rings. The molecule has 0 N–H and O–H groups in total. The Morgan fingerprint density at radius 2 is 1.68 bits per heavy atom. The van der Waals surface area contributed by atoms with E-state index >= 15 is 0 Å². The zero-order valence-electron chi connectivity index (χ0n) is 16.5. The van der Waals surface area contributed by atoms with Gasteiger partial charge in [-0.15, -0.1) is 0 Å². The zero-order chi connectivity index (χ0) is 19.1. The molecule has 142 valence electrons. The minimum absolute atomic E-state index is 0.0553. The molecule has 2 aromatic rings. The van der Waals surface area contributed by atoms with Gasteiger partial charge in [0.25, 0.3) is 0 Å². The van der Waals surface area contributed by atoms with Gasteiger partial charge in [0.2, 0.25) is 0 Å². The zero-order valence-corrected chi connectivity index (χ0v) is 24.7. The Morgan fingerprint density at radius 3 is 2.43 bits per heavy atom. The summed E-state index contributed by atoms with van der Waals surface area (Å²) in [6.45, 7) is 3.12. The van der Waals surface area contributed by atoms with Gasteiger partial charge in [-0.25, -0.2) is 0 Å². The number of carbonyl (C=O) groups excluding carboxylic acids is 1. The van der Waals surface area contributed by atoms with E-state index in [1.165, 1.54) is 37.1 Å². The van der Waals surface area contributed by atoms with Crippen molar-refractivity contribution in [2.75, 3.05) is 19.6 Å². The van der Waals surface area contributed by atoms with Crippen molar-refractivity contribution < 1.29 is 52.3 Å². The molecule has 1 amide bonds. The molecule has 4 aliphatic rings. The first-order valence-electron chi connectivity index (χ1n) is 10.6. The average Bonchev–Trinajstić information content (AvgIpc) is 2.76. The molecule has 0 aliphatic carbocycles. The molecule has 3 unspecified atom stereocenters. The number of carbonyl (C=O) groups is 1. The van der Waals surface area contributed by atoms with Crippen LogP contribution in [-0.2, 0) is 11.2 Å². The van der Waals surface area contributed by atoms with Crippen LogP contribution in [0.5, 0.6) is 0 Å². The summed E-state index contributed by atoms with van der Waals surface area (Å²) in [5.74, 6) is 0.568. The number of hydrogen-bond acceptors (Lipinski definition) is 3. The summed E-state index contributed by atoms with van der Waals surface area (Å²) < 4.78 is 6.80. The summed E-state index contributed by atoms with van der Waals surface area (Å²) in [5, 5.41) is 0. The maximum atomic E-state index is 13.4. The number of piperidine rings is 3. The van der Waals surface area contributed by atoms with Crippen LogP contribution in [0.4, 0.5) is 4.79 Å². The molecule has 4 nitrogen and oxygen atoms in total. The predicted octanol–water partition coefficient (Wildman–Crippen LogP) is 3.47. The normalized spacial score (nSPS) is 31.2. The Hall–Kier alpha value is -0.862. The van der Waals surface area contributed by atoms with Crippen LogP contribution in [-0.4, -0.2) is 42.7 Å². The summed E-state index contributed by atoms with van der Waals surface area (Å²) in [6, 6.07) is 18.9. The molecule has 0 radical (unpaired) electrons. The second kappa shape index (κ2) is 8.11. The third-order valence-electron chi connectivity index (χ3n) is 6.96. The summed E-state index contributed by atoms with van der Waals surface area (Å²) in [5.41, 5.74) is 3.74. The van der Waals surface area contributed by atoms with Gasteiger partial charge in [0.05, 0.1) is 0 Å². The summed E-state index contributed by atoms with van der Waals surface area (Å²) in [6.07, 6.45) is 3.26. The van der Waals surface area contributed by atoms with Crippen molar-refractivity contribution in [3.63, 3.8) is 0 Å². The van der Waals surface area contributed by atoms with E-state index in [1.807, 2.05) is 11.0 Å². The third kappa shape index (κ3) is 3.45. The van der Waals surface area contributed by atoms with Crippen molar-refractivity contribution in [2.45, 2.75) is 32.5 Å².